The van der Waals surface area contributed by atoms with Crippen molar-refractivity contribution in [3.05, 3.63) is 28.2 Å². The first-order valence-corrected chi connectivity index (χ1v) is 7.82. The van der Waals surface area contributed by atoms with Gasteiger partial charge in [0.15, 0.2) is 0 Å². The van der Waals surface area contributed by atoms with Crippen LogP contribution in [0.3, 0.4) is 0 Å². The van der Waals surface area contributed by atoms with Crippen molar-refractivity contribution in [2.45, 2.75) is 30.9 Å². The maximum absolute atomic E-state index is 11.8. The highest BCUT2D eigenvalue weighted by Gasteiger charge is 2.17. The number of rotatable bonds is 4. The second-order valence-corrected chi connectivity index (χ2v) is 6.52. The summed E-state index contributed by atoms with van der Waals surface area (Å²) in [6, 6.07) is 5.05. The smallest absolute Gasteiger partial charge is 0.234 e. The van der Waals surface area contributed by atoms with Gasteiger partial charge < -0.3 is 5.32 Å². The van der Waals surface area contributed by atoms with E-state index >= 15 is 0 Å². The molecular formula is C13H15Cl2NOS. The summed E-state index contributed by atoms with van der Waals surface area (Å²) in [5.41, 5.74) is 0.584. The number of nitrogens with one attached hydrogen (secondary N) is 1. The largest absolute Gasteiger partial charge is 0.324 e. The van der Waals surface area contributed by atoms with Gasteiger partial charge in [-0.2, -0.15) is 0 Å². The van der Waals surface area contributed by atoms with Crippen molar-refractivity contribution >= 4 is 46.6 Å². The Bertz CT molecular complexity index is 433. The van der Waals surface area contributed by atoms with Crippen molar-refractivity contribution in [2.75, 3.05) is 11.1 Å². The lowest BCUT2D eigenvalue weighted by atomic mass is 10.3. The molecule has 0 bridgehead atoms. The van der Waals surface area contributed by atoms with Crippen LogP contribution in [-0.4, -0.2) is 16.9 Å². The van der Waals surface area contributed by atoms with Crippen molar-refractivity contribution in [1.82, 2.24) is 0 Å². The van der Waals surface area contributed by atoms with Crippen LogP contribution in [0.15, 0.2) is 18.2 Å². The number of thioether (sulfide) groups is 1. The molecule has 0 unspecified atom stereocenters. The summed E-state index contributed by atoms with van der Waals surface area (Å²) < 4.78 is 0. The lowest BCUT2D eigenvalue weighted by Gasteiger charge is -2.10. The van der Waals surface area contributed by atoms with Crippen LogP contribution in [0.2, 0.25) is 10.0 Å². The Kier molecular flexibility index (Phi) is 5.22. The number of benzene rings is 1. The molecule has 0 radical (unpaired) electrons. The Hall–Kier alpha value is -0.380. The molecule has 2 rings (SSSR count). The molecule has 1 aromatic carbocycles. The van der Waals surface area contributed by atoms with Gasteiger partial charge in [0.05, 0.1) is 16.5 Å². The number of carbonyl (C=O) groups is 1. The summed E-state index contributed by atoms with van der Waals surface area (Å²) in [5, 5.41) is 4.52. The third kappa shape index (κ3) is 4.08. The second-order valence-electron chi connectivity index (χ2n) is 4.39. The third-order valence-electron chi connectivity index (χ3n) is 2.95. The Balaban J connectivity index is 1.84. The van der Waals surface area contributed by atoms with E-state index in [2.05, 4.69) is 5.32 Å². The third-order valence-corrected chi connectivity index (χ3v) is 4.89. The van der Waals surface area contributed by atoms with Crippen molar-refractivity contribution in [3.63, 3.8) is 0 Å². The van der Waals surface area contributed by atoms with Gasteiger partial charge in [0.25, 0.3) is 0 Å². The van der Waals surface area contributed by atoms with Gasteiger partial charge in [0.2, 0.25) is 5.91 Å². The van der Waals surface area contributed by atoms with Crippen LogP contribution in [0.4, 0.5) is 5.69 Å². The summed E-state index contributed by atoms with van der Waals surface area (Å²) in [7, 11) is 0. The van der Waals surface area contributed by atoms with Crippen LogP contribution >= 0.6 is 35.0 Å². The van der Waals surface area contributed by atoms with E-state index in [1.165, 1.54) is 25.7 Å². The van der Waals surface area contributed by atoms with Crippen LogP contribution in [0.5, 0.6) is 0 Å². The standard InChI is InChI=1S/C13H15Cl2NOS/c14-9-5-6-11(15)12(7-9)16-13(17)8-18-10-3-1-2-4-10/h5-7,10H,1-4,8H2,(H,16,17). The minimum atomic E-state index is -0.0175. The SMILES string of the molecule is O=C(CSC1CCCC1)Nc1cc(Cl)ccc1Cl. The Morgan fingerprint density at radius 1 is 1.33 bits per heavy atom. The fourth-order valence-corrected chi connectivity index (χ4v) is 3.49. The van der Waals surface area contributed by atoms with E-state index in [1.54, 1.807) is 30.0 Å². The number of anilines is 1. The molecule has 0 aliphatic heterocycles. The lowest BCUT2D eigenvalue weighted by molar-refractivity contribution is -0.113. The predicted octanol–water partition coefficient (Wildman–Crippen LogP) is 4.61. The molecule has 2 nitrogen and oxygen atoms in total. The molecule has 0 heterocycles. The average molecular weight is 304 g/mol. The van der Waals surface area contributed by atoms with Gasteiger partial charge in [-0.1, -0.05) is 36.0 Å². The molecular weight excluding hydrogens is 289 g/mol. The summed E-state index contributed by atoms with van der Waals surface area (Å²) in [4.78, 5) is 11.8. The maximum Gasteiger partial charge on any atom is 0.234 e. The number of amides is 1. The predicted molar refractivity (Wildman–Crippen MR) is 79.8 cm³/mol. The molecule has 0 saturated heterocycles. The maximum atomic E-state index is 11.8. The second kappa shape index (κ2) is 6.69. The van der Waals surface area contributed by atoms with Crippen LogP contribution in [-0.2, 0) is 4.79 Å². The Labute approximate surface area is 121 Å². The van der Waals surface area contributed by atoms with Gasteiger partial charge in [-0.3, -0.25) is 4.79 Å². The van der Waals surface area contributed by atoms with Crippen molar-refractivity contribution in [1.29, 1.82) is 0 Å². The van der Waals surface area contributed by atoms with E-state index in [0.29, 0.717) is 26.7 Å². The summed E-state index contributed by atoms with van der Waals surface area (Å²) in [6.07, 6.45) is 5.05. The highest BCUT2D eigenvalue weighted by Crippen LogP contribution is 2.30. The van der Waals surface area contributed by atoms with Gasteiger partial charge in [0, 0.05) is 10.3 Å². The van der Waals surface area contributed by atoms with E-state index in [9.17, 15) is 4.79 Å². The van der Waals surface area contributed by atoms with Gasteiger partial charge in [-0.05, 0) is 31.0 Å². The molecule has 0 atom stereocenters. The first-order chi connectivity index (χ1) is 8.65. The normalized spacial score (nSPS) is 15.9. The van der Waals surface area contributed by atoms with E-state index in [4.69, 9.17) is 23.2 Å². The molecule has 5 heteroatoms. The zero-order valence-corrected chi connectivity index (χ0v) is 12.2. The summed E-state index contributed by atoms with van der Waals surface area (Å²) >= 11 is 13.6. The topological polar surface area (TPSA) is 29.1 Å². The number of carbonyl (C=O) groups excluding carboxylic acids is 1. The van der Waals surface area contributed by atoms with E-state index in [-0.39, 0.29) is 5.91 Å². The number of hydrogen-bond donors (Lipinski definition) is 1. The molecule has 1 N–H and O–H groups in total. The van der Waals surface area contributed by atoms with Gasteiger partial charge in [-0.15, -0.1) is 11.8 Å². The highest BCUT2D eigenvalue weighted by atomic mass is 35.5. The zero-order chi connectivity index (χ0) is 13.0. The Morgan fingerprint density at radius 3 is 2.78 bits per heavy atom. The molecule has 18 heavy (non-hydrogen) atoms. The number of halogens is 2. The molecule has 0 spiro atoms. The lowest BCUT2D eigenvalue weighted by Crippen LogP contribution is -2.16. The molecule has 98 valence electrons. The van der Waals surface area contributed by atoms with E-state index < -0.39 is 0 Å². The zero-order valence-electron chi connectivity index (χ0n) is 9.92. The van der Waals surface area contributed by atoms with Gasteiger partial charge >= 0.3 is 0 Å². The molecule has 1 aliphatic rings. The van der Waals surface area contributed by atoms with Crippen LogP contribution < -0.4 is 5.32 Å². The molecule has 1 amide bonds. The van der Waals surface area contributed by atoms with Crippen molar-refractivity contribution < 1.29 is 4.79 Å². The minimum Gasteiger partial charge on any atom is -0.324 e. The van der Waals surface area contributed by atoms with Crippen molar-refractivity contribution in [2.24, 2.45) is 0 Å². The summed E-state index contributed by atoms with van der Waals surface area (Å²) in [5.74, 6) is 0.462. The van der Waals surface area contributed by atoms with E-state index in [0.717, 1.165) is 0 Å². The summed E-state index contributed by atoms with van der Waals surface area (Å²) in [6.45, 7) is 0. The van der Waals surface area contributed by atoms with E-state index in [1.807, 2.05) is 0 Å². The molecule has 1 fully saturated rings. The fourth-order valence-electron chi connectivity index (χ4n) is 2.03. The average Bonchev–Trinajstić information content (AvgIpc) is 2.84. The quantitative estimate of drug-likeness (QED) is 0.880. The minimum absolute atomic E-state index is 0.0175. The highest BCUT2D eigenvalue weighted by molar-refractivity contribution is 8.00. The van der Waals surface area contributed by atoms with Crippen LogP contribution in [0.1, 0.15) is 25.7 Å². The van der Waals surface area contributed by atoms with Crippen LogP contribution in [0.25, 0.3) is 0 Å². The molecule has 1 aliphatic carbocycles. The molecule has 1 saturated carbocycles. The van der Waals surface area contributed by atoms with Gasteiger partial charge in [0.1, 0.15) is 0 Å². The molecule has 1 aromatic rings. The Morgan fingerprint density at radius 2 is 2.06 bits per heavy atom. The van der Waals surface area contributed by atoms with Gasteiger partial charge in [-0.25, -0.2) is 0 Å². The molecule has 0 aromatic heterocycles. The van der Waals surface area contributed by atoms with Crippen molar-refractivity contribution in [3.8, 4) is 0 Å². The first kappa shape index (κ1) is 14.0. The van der Waals surface area contributed by atoms with Crippen LogP contribution in [0, 0.1) is 0 Å². The number of hydrogen-bond acceptors (Lipinski definition) is 2. The first-order valence-electron chi connectivity index (χ1n) is 6.01. The fraction of sp³-hybridized carbons (Fsp3) is 0.462. The monoisotopic (exact) mass is 303 g/mol.